The summed E-state index contributed by atoms with van der Waals surface area (Å²) < 4.78 is 0. The van der Waals surface area contributed by atoms with E-state index in [1.54, 1.807) is 6.92 Å². The summed E-state index contributed by atoms with van der Waals surface area (Å²) in [7, 11) is 1.52. The zero-order valence-corrected chi connectivity index (χ0v) is 16.7. The molecule has 0 radical (unpaired) electrons. The molecule has 1 aromatic carbocycles. The van der Waals surface area contributed by atoms with Crippen molar-refractivity contribution in [3.05, 3.63) is 35.9 Å². The molecule has 0 aliphatic rings. The van der Waals surface area contributed by atoms with E-state index in [1.165, 1.54) is 7.05 Å². The van der Waals surface area contributed by atoms with Crippen molar-refractivity contribution in [2.75, 3.05) is 7.05 Å². The fourth-order valence-corrected chi connectivity index (χ4v) is 2.91. The van der Waals surface area contributed by atoms with E-state index >= 15 is 0 Å². The van der Waals surface area contributed by atoms with Gasteiger partial charge in [-0.15, -0.1) is 0 Å². The first-order valence-electron chi connectivity index (χ1n) is 9.10. The van der Waals surface area contributed by atoms with E-state index < -0.39 is 23.4 Å². The van der Waals surface area contributed by atoms with Gasteiger partial charge in [-0.2, -0.15) is 0 Å². The zero-order valence-electron chi connectivity index (χ0n) is 16.7. The highest BCUT2D eigenvalue weighted by molar-refractivity contribution is 5.89. The number of nitrogens with zero attached hydrogens (tertiary/aromatic N) is 1. The van der Waals surface area contributed by atoms with Crippen molar-refractivity contribution in [3.8, 4) is 0 Å². The van der Waals surface area contributed by atoms with Crippen molar-refractivity contribution in [3.63, 3.8) is 0 Å². The van der Waals surface area contributed by atoms with E-state index in [0.29, 0.717) is 17.9 Å². The Labute approximate surface area is 161 Å². The molecule has 3 amide bonds. The van der Waals surface area contributed by atoms with Crippen LogP contribution in [0.2, 0.25) is 0 Å². The van der Waals surface area contributed by atoms with E-state index in [9.17, 15) is 19.6 Å². The molecule has 0 aliphatic heterocycles. The lowest BCUT2D eigenvalue weighted by Gasteiger charge is -2.33. The van der Waals surface area contributed by atoms with Crippen LogP contribution in [0.25, 0.3) is 0 Å². The van der Waals surface area contributed by atoms with Gasteiger partial charge in [-0.25, -0.2) is 5.06 Å². The molecule has 3 N–H and O–H groups in total. The molecular formula is C20H31N3O4. The van der Waals surface area contributed by atoms with E-state index in [0.717, 1.165) is 5.56 Å². The second-order valence-electron chi connectivity index (χ2n) is 7.78. The second kappa shape index (κ2) is 10.1. The molecule has 7 heteroatoms. The van der Waals surface area contributed by atoms with Crippen LogP contribution in [-0.2, 0) is 20.8 Å². The number of nitrogens with one attached hydrogen (secondary N) is 2. The third-order valence-electron chi connectivity index (χ3n) is 4.69. The predicted molar refractivity (Wildman–Crippen MR) is 103 cm³/mol. The van der Waals surface area contributed by atoms with E-state index in [2.05, 4.69) is 10.6 Å². The van der Waals surface area contributed by atoms with Crippen LogP contribution < -0.4 is 10.6 Å². The average Bonchev–Trinajstić information content (AvgIpc) is 2.64. The molecule has 0 bridgehead atoms. The maximum Gasteiger partial charge on any atom is 0.242 e. The van der Waals surface area contributed by atoms with Crippen molar-refractivity contribution >= 4 is 18.2 Å². The Kier molecular flexibility index (Phi) is 8.43. The lowest BCUT2D eigenvalue weighted by atomic mass is 9.84. The Morgan fingerprint density at radius 2 is 1.78 bits per heavy atom. The average molecular weight is 377 g/mol. The quantitative estimate of drug-likeness (QED) is 0.347. The summed E-state index contributed by atoms with van der Waals surface area (Å²) >= 11 is 0. The van der Waals surface area contributed by atoms with Gasteiger partial charge >= 0.3 is 0 Å². The number of carbonyl (C=O) groups excluding carboxylic acids is 3. The molecule has 3 atom stereocenters. The molecule has 0 saturated heterocycles. The maximum atomic E-state index is 13.0. The standard InChI is InChI=1S/C20H31N3O4/c1-14(23(27)13-24)16(12-11-15-9-7-6-8-10-15)18(25)22-17(19(26)21-5)20(2,3)4/h6-10,13-14,16-17,27H,11-12H2,1-5H3,(H,21,26)(H,22,25). The molecular weight excluding hydrogens is 346 g/mol. The second-order valence-corrected chi connectivity index (χ2v) is 7.78. The summed E-state index contributed by atoms with van der Waals surface area (Å²) in [4.78, 5) is 36.1. The normalized spacial score (nSPS) is 14.6. The summed E-state index contributed by atoms with van der Waals surface area (Å²) in [6.07, 6.45) is 1.32. The van der Waals surface area contributed by atoms with Gasteiger partial charge in [-0.05, 0) is 30.7 Å². The van der Waals surface area contributed by atoms with Gasteiger partial charge in [0.25, 0.3) is 0 Å². The Morgan fingerprint density at radius 3 is 2.26 bits per heavy atom. The van der Waals surface area contributed by atoms with Gasteiger partial charge in [0, 0.05) is 7.05 Å². The van der Waals surface area contributed by atoms with Gasteiger partial charge in [0.05, 0.1) is 12.0 Å². The van der Waals surface area contributed by atoms with Crippen LogP contribution in [0, 0.1) is 11.3 Å². The van der Waals surface area contributed by atoms with Crippen LogP contribution >= 0.6 is 0 Å². The molecule has 7 nitrogen and oxygen atoms in total. The van der Waals surface area contributed by atoms with Crippen molar-refractivity contribution in [1.82, 2.24) is 15.7 Å². The molecule has 150 valence electrons. The Balaban J connectivity index is 3.00. The van der Waals surface area contributed by atoms with Crippen molar-refractivity contribution in [1.29, 1.82) is 0 Å². The highest BCUT2D eigenvalue weighted by atomic mass is 16.5. The molecule has 0 aliphatic carbocycles. The summed E-state index contributed by atoms with van der Waals surface area (Å²) in [5, 5.41) is 15.7. The van der Waals surface area contributed by atoms with Crippen molar-refractivity contribution in [2.45, 2.75) is 52.6 Å². The first-order valence-corrected chi connectivity index (χ1v) is 9.10. The number of hydroxylamine groups is 2. The Bertz CT molecular complexity index is 628. The largest absolute Gasteiger partial charge is 0.357 e. The van der Waals surface area contributed by atoms with Crippen LogP contribution in [0.15, 0.2) is 30.3 Å². The van der Waals surface area contributed by atoms with Crippen LogP contribution in [0.3, 0.4) is 0 Å². The van der Waals surface area contributed by atoms with Crippen molar-refractivity contribution < 1.29 is 19.6 Å². The molecule has 1 rings (SSSR count). The lowest BCUT2D eigenvalue weighted by Crippen LogP contribution is -2.56. The minimum atomic E-state index is -0.732. The topological polar surface area (TPSA) is 98.7 Å². The molecule has 0 fully saturated rings. The van der Waals surface area contributed by atoms with Gasteiger partial charge in [-0.3, -0.25) is 19.6 Å². The number of likely N-dealkylation sites (N-methyl/N-ethyl adjacent to an activating group) is 1. The third-order valence-corrected chi connectivity index (χ3v) is 4.69. The summed E-state index contributed by atoms with van der Waals surface area (Å²) in [6.45, 7) is 7.19. The number of benzene rings is 1. The van der Waals surface area contributed by atoms with Gasteiger partial charge in [0.2, 0.25) is 18.2 Å². The van der Waals surface area contributed by atoms with Crippen LogP contribution in [0.5, 0.6) is 0 Å². The molecule has 3 unspecified atom stereocenters. The fourth-order valence-electron chi connectivity index (χ4n) is 2.91. The predicted octanol–water partition coefficient (Wildman–Crippen LogP) is 1.75. The molecule has 1 aromatic rings. The monoisotopic (exact) mass is 377 g/mol. The highest BCUT2D eigenvalue weighted by Crippen LogP contribution is 2.22. The van der Waals surface area contributed by atoms with Gasteiger partial charge in [0.1, 0.15) is 6.04 Å². The number of amides is 3. The van der Waals surface area contributed by atoms with Gasteiger partial charge in [-0.1, -0.05) is 51.1 Å². The Hall–Kier alpha value is -2.41. The minimum Gasteiger partial charge on any atom is -0.357 e. The zero-order chi connectivity index (χ0) is 20.6. The number of aryl methyl sites for hydroxylation is 1. The number of carbonyl (C=O) groups is 3. The Morgan fingerprint density at radius 1 is 1.19 bits per heavy atom. The first-order chi connectivity index (χ1) is 12.6. The third kappa shape index (κ3) is 6.67. The van der Waals surface area contributed by atoms with Gasteiger partial charge in [0.15, 0.2) is 0 Å². The summed E-state index contributed by atoms with van der Waals surface area (Å²) in [5.41, 5.74) is 0.559. The molecule has 0 heterocycles. The summed E-state index contributed by atoms with van der Waals surface area (Å²) in [6, 6.07) is 8.20. The maximum absolute atomic E-state index is 13.0. The first kappa shape index (κ1) is 22.6. The van der Waals surface area contributed by atoms with E-state index in [1.807, 2.05) is 51.1 Å². The fraction of sp³-hybridized carbons (Fsp3) is 0.550. The van der Waals surface area contributed by atoms with E-state index in [4.69, 9.17) is 0 Å². The molecule has 27 heavy (non-hydrogen) atoms. The van der Waals surface area contributed by atoms with Crippen LogP contribution in [0.4, 0.5) is 0 Å². The van der Waals surface area contributed by atoms with Crippen LogP contribution in [0.1, 0.15) is 39.7 Å². The lowest BCUT2D eigenvalue weighted by molar-refractivity contribution is -0.166. The minimum absolute atomic E-state index is 0.285. The number of hydrogen-bond donors (Lipinski definition) is 3. The molecule has 0 saturated carbocycles. The summed E-state index contributed by atoms with van der Waals surface area (Å²) in [5.74, 6) is -1.33. The van der Waals surface area contributed by atoms with Gasteiger partial charge < -0.3 is 10.6 Å². The molecule has 0 aromatic heterocycles. The number of rotatable bonds is 9. The van der Waals surface area contributed by atoms with E-state index in [-0.39, 0.29) is 18.2 Å². The van der Waals surface area contributed by atoms with Crippen molar-refractivity contribution in [2.24, 2.45) is 11.3 Å². The smallest absolute Gasteiger partial charge is 0.242 e. The number of hydrogen-bond acceptors (Lipinski definition) is 4. The SMILES string of the molecule is CNC(=O)C(NC(=O)C(CCc1ccccc1)C(C)N(O)C=O)C(C)(C)C. The molecule has 0 spiro atoms. The highest BCUT2D eigenvalue weighted by Gasteiger charge is 2.36. The van der Waals surface area contributed by atoms with Crippen LogP contribution in [-0.4, -0.2) is 47.6 Å².